The Hall–Kier alpha value is -2.25. The lowest BCUT2D eigenvalue weighted by molar-refractivity contribution is 0.282. The van der Waals surface area contributed by atoms with Gasteiger partial charge in [0.05, 0.1) is 11.6 Å². The van der Waals surface area contributed by atoms with Gasteiger partial charge in [-0.25, -0.2) is 10.1 Å². The van der Waals surface area contributed by atoms with Crippen LogP contribution in [-0.2, 0) is 13.2 Å². The average molecular weight is 424 g/mol. The summed E-state index contributed by atoms with van der Waals surface area (Å²) in [5.41, 5.74) is 2.04. The van der Waals surface area contributed by atoms with Gasteiger partial charge in [-0.3, -0.25) is 0 Å². The van der Waals surface area contributed by atoms with Crippen molar-refractivity contribution in [3.05, 3.63) is 63.3 Å². The monoisotopic (exact) mass is 422 g/mol. The minimum atomic E-state index is 0.418. The van der Waals surface area contributed by atoms with Crippen molar-refractivity contribution in [3.8, 4) is 11.5 Å². The van der Waals surface area contributed by atoms with Crippen molar-refractivity contribution in [3.63, 3.8) is 0 Å². The van der Waals surface area contributed by atoms with E-state index in [0.717, 1.165) is 15.6 Å². The van der Waals surface area contributed by atoms with Crippen LogP contribution in [0, 0.1) is 0 Å². The van der Waals surface area contributed by atoms with Gasteiger partial charge in [-0.2, -0.15) is 5.10 Å². The lowest BCUT2D eigenvalue weighted by atomic mass is 10.2. The molecule has 0 aliphatic heterocycles. The van der Waals surface area contributed by atoms with E-state index in [1.807, 2.05) is 36.4 Å². The number of H-pyrrole nitrogens is 1. The molecule has 0 bridgehead atoms. The molecule has 0 atom stereocenters. The van der Waals surface area contributed by atoms with E-state index < -0.39 is 0 Å². The number of aromatic nitrogens is 3. The second-order valence-electron chi connectivity index (χ2n) is 5.21. The third kappa shape index (κ3) is 4.64. The zero-order chi connectivity index (χ0) is 17.6. The highest BCUT2D eigenvalue weighted by Gasteiger charge is 2.12. The molecule has 6 nitrogen and oxygen atoms in total. The molecule has 0 aliphatic carbocycles. The highest BCUT2D eigenvalue weighted by Crippen LogP contribution is 2.37. The smallest absolute Gasteiger partial charge is 0.218 e. The summed E-state index contributed by atoms with van der Waals surface area (Å²) < 4.78 is 12.2. The summed E-state index contributed by atoms with van der Waals surface area (Å²) in [6.45, 7) is 0.989. The number of aromatic amines is 1. The fraction of sp³-hybridized carbons (Fsp3) is 0.176. The molecule has 8 heteroatoms. The number of hydrogen-bond acceptors (Lipinski definition) is 5. The van der Waals surface area contributed by atoms with E-state index in [4.69, 9.17) is 21.1 Å². The van der Waals surface area contributed by atoms with Crippen molar-refractivity contribution in [1.82, 2.24) is 15.2 Å². The largest absolute Gasteiger partial charge is 0.493 e. The molecule has 0 saturated carbocycles. The first-order valence-electron chi connectivity index (χ1n) is 7.48. The van der Waals surface area contributed by atoms with Crippen molar-refractivity contribution >= 4 is 33.5 Å². The van der Waals surface area contributed by atoms with E-state index in [9.17, 15) is 0 Å². The van der Waals surface area contributed by atoms with Crippen LogP contribution in [0.2, 0.25) is 5.02 Å². The Balaban J connectivity index is 1.71. The summed E-state index contributed by atoms with van der Waals surface area (Å²) >= 11 is 9.45. The molecule has 1 aromatic heterocycles. The number of hydrogen-bond donors (Lipinski definition) is 2. The lowest BCUT2D eigenvalue weighted by Gasteiger charge is -2.15. The Morgan fingerprint density at radius 1 is 1.20 bits per heavy atom. The lowest BCUT2D eigenvalue weighted by Crippen LogP contribution is -2.03. The van der Waals surface area contributed by atoms with Gasteiger partial charge in [-0.05, 0) is 51.3 Å². The molecule has 0 spiro atoms. The maximum atomic E-state index is 5.93. The SMILES string of the molecule is COc1cc(CNc2ncn[nH]2)cc(Br)c1OCc1ccc(Cl)cc1. The molecule has 3 aromatic rings. The van der Waals surface area contributed by atoms with Gasteiger partial charge < -0.3 is 14.8 Å². The average Bonchev–Trinajstić information content (AvgIpc) is 3.13. The molecule has 0 fully saturated rings. The molecule has 0 amide bonds. The van der Waals surface area contributed by atoms with E-state index in [0.29, 0.717) is 35.6 Å². The van der Waals surface area contributed by atoms with Crippen molar-refractivity contribution in [1.29, 1.82) is 0 Å². The molecule has 0 saturated heterocycles. The fourth-order valence-electron chi connectivity index (χ4n) is 2.23. The molecule has 0 unspecified atom stereocenters. The van der Waals surface area contributed by atoms with Gasteiger partial charge in [0, 0.05) is 11.6 Å². The molecular weight excluding hydrogens is 408 g/mol. The number of halogens is 2. The summed E-state index contributed by atoms with van der Waals surface area (Å²) in [5.74, 6) is 1.91. The van der Waals surface area contributed by atoms with Crippen molar-refractivity contribution in [2.24, 2.45) is 0 Å². The topological polar surface area (TPSA) is 72.1 Å². The van der Waals surface area contributed by atoms with Crippen LogP contribution in [0.5, 0.6) is 11.5 Å². The summed E-state index contributed by atoms with van der Waals surface area (Å²) in [6.07, 6.45) is 1.45. The van der Waals surface area contributed by atoms with Gasteiger partial charge >= 0.3 is 0 Å². The predicted octanol–water partition coefficient (Wildman–Crippen LogP) is 4.42. The van der Waals surface area contributed by atoms with Crippen molar-refractivity contribution < 1.29 is 9.47 Å². The molecule has 0 aliphatic rings. The maximum Gasteiger partial charge on any atom is 0.218 e. The molecule has 3 rings (SSSR count). The predicted molar refractivity (Wildman–Crippen MR) is 100 cm³/mol. The molecule has 2 aromatic carbocycles. The summed E-state index contributed by atoms with van der Waals surface area (Å²) in [6, 6.07) is 11.4. The molecule has 0 radical (unpaired) electrons. The number of nitrogens with one attached hydrogen (secondary N) is 2. The van der Waals surface area contributed by atoms with Gasteiger partial charge in [0.25, 0.3) is 0 Å². The first-order valence-corrected chi connectivity index (χ1v) is 8.65. The van der Waals surface area contributed by atoms with Crippen LogP contribution >= 0.6 is 27.5 Å². The summed E-state index contributed by atoms with van der Waals surface area (Å²) in [4.78, 5) is 4.03. The maximum absolute atomic E-state index is 5.93. The van der Waals surface area contributed by atoms with Crippen LogP contribution in [-0.4, -0.2) is 22.3 Å². The highest BCUT2D eigenvalue weighted by atomic mass is 79.9. The molecule has 130 valence electrons. The Labute approximate surface area is 158 Å². The fourth-order valence-corrected chi connectivity index (χ4v) is 2.96. The Bertz CT molecular complexity index is 825. The Kier molecular flexibility index (Phi) is 5.78. The van der Waals surface area contributed by atoms with Crippen LogP contribution in [0.1, 0.15) is 11.1 Å². The van der Waals surface area contributed by atoms with Crippen LogP contribution < -0.4 is 14.8 Å². The zero-order valence-electron chi connectivity index (χ0n) is 13.4. The van der Waals surface area contributed by atoms with E-state index in [2.05, 4.69) is 36.4 Å². The summed E-state index contributed by atoms with van der Waals surface area (Å²) in [5, 5.41) is 10.4. The standard InChI is InChI=1S/C17H16BrClN4O2/c1-24-15-7-12(8-20-17-21-10-22-23-17)6-14(18)16(15)25-9-11-2-4-13(19)5-3-11/h2-7,10H,8-9H2,1H3,(H2,20,21,22,23). The zero-order valence-corrected chi connectivity index (χ0v) is 15.8. The van der Waals surface area contributed by atoms with Gasteiger partial charge in [0.1, 0.15) is 12.9 Å². The van der Waals surface area contributed by atoms with E-state index in [1.165, 1.54) is 6.33 Å². The van der Waals surface area contributed by atoms with Gasteiger partial charge in [0.2, 0.25) is 5.95 Å². The van der Waals surface area contributed by atoms with Gasteiger partial charge in [-0.15, -0.1) is 0 Å². The van der Waals surface area contributed by atoms with E-state index in [1.54, 1.807) is 7.11 Å². The number of methoxy groups -OCH3 is 1. The first-order chi connectivity index (χ1) is 12.2. The van der Waals surface area contributed by atoms with E-state index >= 15 is 0 Å². The van der Waals surface area contributed by atoms with Crippen molar-refractivity contribution in [2.45, 2.75) is 13.2 Å². The third-order valence-corrected chi connectivity index (χ3v) is 4.30. The first kappa shape index (κ1) is 17.6. The number of ether oxygens (including phenoxy) is 2. The molecular formula is C17H16BrClN4O2. The minimum Gasteiger partial charge on any atom is -0.493 e. The van der Waals surface area contributed by atoms with Crippen molar-refractivity contribution in [2.75, 3.05) is 12.4 Å². The Morgan fingerprint density at radius 2 is 2.00 bits per heavy atom. The molecule has 25 heavy (non-hydrogen) atoms. The van der Waals surface area contributed by atoms with Gasteiger partial charge in [0.15, 0.2) is 11.5 Å². The van der Waals surface area contributed by atoms with Gasteiger partial charge in [-0.1, -0.05) is 23.7 Å². The molecule has 2 N–H and O–H groups in total. The van der Waals surface area contributed by atoms with Crippen LogP contribution in [0.15, 0.2) is 47.2 Å². The number of nitrogens with zero attached hydrogens (tertiary/aromatic N) is 2. The number of anilines is 1. The normalized spacial score (nSPS) is 10.5. The van der Waals surface area contributed by atoms with E-state index in [-0.39, 0.29) is 0 Å². The second kappa shape index (κ2) is 8.22. The number of benzene rings is 2. The van der Waals surface area contributed by atoms with Crippen LogP contribution in [0.3, 0.4) is 0 Å². The van der Waals surface area contributed by atoms with Crippen LogP contribution in [0.4, 0.5) is 5.95 Å². The number of rotatable bonds is 7. The minimum absolute atomic E-state index is 0.418. The second-order valence-corrected chi connectivity index (χ2v) is 6.50. The molecule has 1 heterocycles. The summed E-state index contributed by atoms with van der Waals surface area (Å²) in [7, 11) is 1.62. The highest BCUT2D eigenvalue weighted by molar-refractivity contribution is 9.10. The third-order valence-electron chi connectivity index (χ3n) is 3.46. The van der Waals surface area contributed by atoms with Crippen LogP contribution in [0.25, 0.3) is 0 Å². The Morgan fingerprint density at radius 3 is 2.68 bits per heavy atom. The quantitative estimate of drug-likeness (QED) is 0.588.